The maximum atomic E-state index is 11.2. The van der Waals surface area contributed by atoms with Crippen molar-refractivity contribution in [2.24, 2.45) is 0 Å². The normalized spacial score (nSPS) is 12.7. The highest BCUT2D eigenvalue weighted by Crippen LogP contribution is 2.46. The summed E-state index contributed by atoms with van der Waals surface area (Å²) in [5, 5.41) is 0.0782. The van der Waals surface area contributed by atoms with Crippen molar-refractivity contribution in [1.82, 2.24) is 0 Å². The summed E-state index contributed by atoms with van der Waals surface area (Å²) in [4.78, 5) is 11.2. The quantitative estimate of drug-likeness (QED) is 0.427. The average Bonchev–Trinajstić information content (AvgIpc) is 2.23. The highest BCUT2D eigenvalue weighted by atomic mass is 35.5. The van der Waals surface area contributed by atoms with E-state index in [1.54, 1.807) is 6.92 Å². The minimum Gasteiger partial charge on any atom is -0.287 e. The number of hydrogen-bond donors (Lipinski definition) is 1. The summed E-state index contributed by atoms with van der Waals surface area (Å²) >= 11 is 33.2. The van der Waals surface area contributed by atoms with Crippen molar-refractivity contribution in [2.45, 2.75) is 12.8 Å². The number of thiol groups is 1. The molecule has 0 amide bonds. The first-order chi connectivity index (χ1) is 7.29. The third-order valence-electron chi connectivity index (χ3n) is 2.05. The fourth-order valence-electron chi connectivity index (χ4n) is 1.13. The predicted octanol–water partition coefficient (Wildman–Crippen LogP) is 5.51. The van der Waals surface area contributed by atoms with Crippen LogP contribution < -0.4 is 0 Å². The third kappa shape index (κ3) is 2.58. The molecule has 1 aromatic rings. The van der Waals surface area contributed by atoms with Crippen molar-refractivity contribution in [3.8, 4) is 0 Å². The summed E-state index contributed by atoms with van der Waals surface area (Å²) in [6, 6.07) is 0. The number of hydrogen-bond acceptors (Lipinski definition) is 1. The van der Waals surface area contributed by atoms with Gasteiger partial charge in [0.25, 0.3) is 0 Å². The summed E-state index contributed by atoms with van der Waals surface area (Å²) in [5.74, 6) is -0.615. The average molecular weight is 338 g/mol. The van der Waals surface area contributed by atoms with E-state index < -0.39 is 11.0 Å². The molecule has 0 spiro atoms. The van der Waals surface area contributed by atoms with Crippen LogP contribution in [0, 0.1) is 0 Å². The van der Waals surface area contributed by atoms with E-state index in [1.165, 1.54) is 0 Å². The topological polar surface area (TPSA) is 17.1 Å². The third-order valence-corrected chi connectivity index (χ3v) is 4.74. The highest BCUT2D eigenvalue weighted by Gasteiger charge is 2.25. The molecule has 0 fully saturated rings. The van der Waals surface area contributed by atoms with Crippen molar-refractivity contribution in [3.05, 3.63) is 30.7 Å². The number of rotatable bonds is 2. The monoisotopic (exact) mass is 336 g/mol. The second-order valence-corrected chi connectivity index (χ2v) is 5.37. The van der Waals surface area contributed by atoms with Gasteiger partial charge < -0.3 is 0 Å². The van der Waals surface area contributed by atoms with Gasteiger partial charge in [0.2, 0.25) is 0 Å². The van der Waals surface area contributed by atoms with E-state index >= 15 is 0 Å². The van der Waals surface area contributed by atoms with Gasteiger partial charge in [-0.25, -0.2) is 0 Å². The molecule has 0 radical (unpaired) electrons. The van der Waals surface area contributed by atoms with Crippen LogP contribution in [0.3, 0.4) is 0 Å². The van der Waals surface area contributed by atoms with Crippen molar-refractivity contribution in [2.75, 3.05) is 0 Å². The van der Waals surface area contributed by atoms with E-state index in [4.69, 9.17) is 58.0 Å². The Bertz CT molecular complexity index is 431. The Kier molecular flexibility index (Phi) is 5.12. The van der Waals surface area contributed by atoms with Gasteiger partial charge in [0.15, 0.2) is 5.12 Å². The van der Waals surface area contributed by atoms with Crippen LogP contribution in [0.2, 0.25) is 25.1 Å². The number of benzene rings is 1. The summed E-state index contributed by atoms with van der Waals surface area (Å²) < 4.78 is 0. The van der Waals surface area contributed by atoms with Gasteiger partial charge in [-0.3, -0.25) is 4.79 Å². The van der Waals surface area contributed by atoms with Gasteiger partial charge >= 0.3 is 0 Å². The lowest BCUT2D eigenvalue weighted by Crippen LogP contribution is -2.04. The van der Waals surface area contributed by atoms with Crippen molar-refractivity contribution >= 4 is 75.7 Å². The van der Waals surface area contributed by atoms with Gasteiger partial charge in [0, 0.05) is 5.56 Å². The molecule has 0 saturated heterocycles. The molecule has 0 saturated carbocycles. The number of halogens is 5. The summed E-state index contributed by atoms with van der Waals surface area (Å²) in [5.41, 5.74) is 0.336. The molecule has 1 aromatic carbocycles. The molecule has 0 aliphatic heterocycles. The van der Waals surface area contributed by atoms with E-state index in [9.17, 15) is 4.79 Å². The van der Waals surface area contributed by atoms with Crippen molar-refractivity contribution in [3.63, 3.8) is 0 Å². The molecular formula is C9H5Cl5OS. The predicted molar refractivity (Wildman–Crippen MR) is 73.9 cm³/mol. The Labute approximate surface area is 123 Å². The van der Waals surface area contributed by atoms with Gasteiger partial charge in [0.05, 0.1) is 31.0 Å². The van der Waals surface area contributed by atoms with Crippen molar-refractivity contribution in [1.29, 1.82) is 0 Å². The SMILES string of the molecule is CC(C(=O)S)c1c(Cl)c(Cl)c(Cl)c(Cl)c1Cl. The van der Waals surface area contributed by atoms with Gasteiger partial charge in [0.1, 0.15) is 0 Å². The van der Waals surface area contributed by atoms with Crippen LogP contribution in [0.25, 0.3) is 0 Å². The van der Waals surface area contributed by atoms with E-state index in [0.29, 0.717) is 5.56 Å². The molecule has 0 heterocycles. The fourth-order valence-corrected chi connectivity index (χ4v) is 2.73. The molecule has 1 nitrogen and oxygen atoms in total. The Morgan fingerprint density at radius 3 is 1.56 bits per heavy atom. The van der Waals surface area contributed by atoms with E-state index in [1.807, 2.05) is 0 Å². The molecule has 7 heteroatoms. The Morgan fingerprint density at radius 1 is 0.938 bits per heavy atom. The lowest BCUT2D eigenvalue weighted by molar-refractivity contribution is -0.111. The lowest BCUT2D eigenvalue weighted by Gasteiger charge is -2.15. The van der Waals surface area contributed by atoms with E-state index in [2.05, 4.69) is 12.6 Å². The van der Waals surface area contributed by atoms with Gasteiger partial charge in [-0.05, 0) is 0 Å². The number of carbonyl (C=O) groups excluding carboxylic acids is 1. The Hall–Kier alpha value is 0.690. The molecule has 0 N–H and O–H groups in total. The zero-order valence-corrected chi connectivity index (χ0v) is 12.5. The van der Waals surface area contributed by atoms with Gasteiger partial charge in [-0.15, -0.1) is 12.6 Å². The molecular weight excluding hydrogens is 333 g/mol. The number of carbonyl (C=O) groups is 1. The molecule has 16 heavy (non-hydrogen) atoms. The maximum Gasteiger partial charge on any atom is 0.193 e. The molecule has 1 unspecified atom stereocenters. The van der Waals surface area contributed by atoms with Crippen molar-refractivity contribution < 1.29 is 4.79 Å². The Balaban J connectivity index is 3.57. The van der Waals surface area contributed by atoms with E-state index in [-0.39, 0.29) is 25.1 Å². The first kappa shape index (κ1) is 14.7. The Morgan fingerprint density at radius 2 is 1.25 bits per heavy atom. The zero-order chi connectivity index (χ0) is 12.6. The largest absolute Gasteiger partial charge is 0.287 e. The van der Waals surface area contributed by atoms with Crippen LogP contribution in [0.5, 0.6) is 0 Å². The van der Waals surface area contributed by atoms with Crippen LogP contribution in [0.4, 0.5) is 0 Å². The molecule has 0 aliphatic carbocycles. The molecule has 0 aromatic heterocycles. The molecule has 1 rings (SSSR count). The minimum absolute atomic E-state index is 0.0703. The first-order valence-electron chi connectivity index (χ1n) is 4.03. The zero-order valence-electron chi connectivity index (χ0n) is 7.82. The van der Waals surface area contributed by atoms with Crippen LogP contribution in [0.15, 0.2) is 0 Å². The maximum absolute atomic E-state index is 11.2. The van der Waals surface area contributed by atoms with Gasteiger partial charge in [-0.2, -0.15) is 0 Å². The van der Waals surface area contributed by atoms with E-state index in [0.717, 1.165) is 0 Å². The second kappa shape index (κ2) is 5.55. The summed E-state index contributed by atoms with van der Waals surface area (Å²) in [6.07, 6.45) is 0. The lowest BCUT2D eigenvalue weighted by atomic mass is 10.0. The second-order valence-electron chi connectivity index (χ2n) is 3.04. The smallest absolute Gasteiger partial charge is 0.193 e. The fraction of sp³-hybridized carbons (Fsp3) is 0.222. The molecule has 0 bridgehead atoms. The standard InChI is InChI=1S/C9H5Cl5OS/c1-2(9(15)16)3-4(10)6(12)8(14)7(13)5(3)11/h2H,1H3,(H,15,16). The molecule has 88 valence electrons. The highest BCUT2D eigenvalue weighted by molar-refractivity contribution is 7.96. The van der Waals surface area contributed by atoms with Crippen LogP contribution in [-0.4, -0.2) is 5.12 Å². The summed E-state index contributed by atoms with van der Waals surface area (Å²) in [7, 11) is 0. The first-order valence-corrected chi connectivity index (χ1v) is 6.36. The van der Waals surface area contributed by atoms with Gasteiger partial charge in [-0.1, -0.05) is 64.9 Å². The van der Waals surface area contributed by atoms with Crippen LogP contribution in [-0.2, 0) is 4.79 Å². The molecule has 0 aliphatic rings. The molecule has 1 atom stereocenters. The van der Waals surface area contributed by atoms with Crippen LogP contribution in [0.1, 0.15) is 18.4 Å². The minimum atomic E-state index is -0.615. The van der Waals surface area contributed by atoms with Crippen LogP contribution >= 0.6 is 70.6 Å². The summed E-state index contributed by atoms with van der Waals surface area (Å²) in [6.45, 7) is 1.60.